The quantitative estimate of drug-likeness (QED) is 0.812. The number of esters is 1. The molecule has 0 bridgehead atoms. The summed E-state index contributed by atoms with van der Waals surface area (Å²) < 4.78 is 4.98. The zero-order valence-electron chi connectivity index (χ0n) is 14.3. The topological polar surface area (TPSA) is 79.2 Å². The first-order valence-electron chi connectivity index (χ1n) is 8.10. The predicted octanol–water partition coefficient (Wildman–Crippen LogP) is 3.87. The zero-order chi connectivity index (χ0) is 18.2. The second kappa shape index (κ2) is 8.65. The van der Waals surface area contributed by atoms with Gasteiger partial charge in [-0.05, 0) is 54.3 Å². The smallest absolute Gasteiger partial charge is 0.338 e. The van der Waals surface area contributed by atoms with Crippen LogP contribution in [-0.4, -0.2) is 18.5 Å². The molecule has 2 rings (SSSR count). The Labute approximate surface area is 147 Å². The molecule has 0 aliphatic rings. The molecule has 25 heavy (non-hydrogen) atoms. The highest BCUT2D eigenvalue weighted by Crippen LogP contribution is 2.20. The van der Waals surface area contributed by atoms with E-state index in [-0.39, 0.29) is 6.61 Å². The Kier molecular flexibility index (Phi) is 6.30. The standard InChI is InChI=1S/C20H20N2O3/c1-3-14(2)16-8-10-18(11-9-16)22-19(23)13-25-20(24)17-6-4-15(12-21)5-7-17/h4-11,14H,3,13H2,1-2H3,(H,22,23)/t14-/m1/s1. The molecule has 1 amide bonds. The number of ether oxygens (including phenoxy) is 1. The van der Waals surface area contributed by atoms with Gasteiger partial charge in [0.1, 0.15) is 0 Å². The third-order valence-corrected chi connectivity index (χ3v) is 3.96. The molecule has 128 valence electrons. The van der Waals surface area contributed by atoms with Crippen molar-refractivity contribution in [2.75, 3.05) is 11.9 Å². The van der Waals surface area contributed by atoms with Gasteiger partial charge in [0.25, 0.3) is 5.91 Å². The summed E-state index contributed by atoms with van der Waals surface area (Å²) >= 11 is 0. The lowest BCUT2D eigenvalue weighted by atomic mass is 9.99. The van der Waals surface area contributed by atoms with Crippen molar-refractivity contribution < 1.29 is 14.3 Å². The lowest BCUT2D eigenvalue weighted by Crippen LogP contribution is -2.20. The molecule has 0 saturated heterocycles. The van der Waals surface area contributed by atoms with Crippen molar-refractivity contribution in [3.05, 3.63) is 65.2 Å². The van der Waals surface area contributed by atoms with E-state index in [0.717, 1.165) is 6.42 Å². The van der Waals surface area contributed by atoms with Crippen LogP contribution in [0.1, 0.15) is 47.7 Å². The van der Waals surface area contributed by atoms with Crippen LogP contribution in [0.25, 0.3) is 0 Å². The summed E-state index contributed by atoms with van der Waals surface area (Å²) in [7, 11) is 0. The van der Waals surface area contributed by atoms with Gasteiger partial charge in [-0.25, -0.2) is 4.79 Å². The summed E-state index contributed by atoms with van der Waals surface area (Å²) in [5.41, 5.74) is 2.62. The molecule has 0 spiro atoms. The highest BCUT2D eigenvalue weighted by molar-refractivity contribution is 5.95. The molecule has 5 nitrogen and oxygen atoms in total. The summed E-state index contributed by atoms with van der Waals surface area (Å²) in [4.78, 5) is 23.8. The van der Waals surface area contributed by atoms with Gasteiger partial charge in [0.2, 0.25) is 0 Å². The first-order valence-corrected chi connectivity index (χ1v) is 8.10. The minimum atomic E-state index is -0.605. The molecule has 1 atom stereocenters. The zero-order valence-corrected chi connectivity index (χ0v) is 14.3. The van der Waals surface area contributed by atoms with Gasteiger partial charge in [-0.3, -0.25) is 4.79 Å². The van der Waals surface area contributed by atoms with Crippen molar-refractivity contribution in [3.63, 3.8) is 0 Å². The summed E-state index contributed by atoms with van der Waals surface area (Å²) in [5, 5.41) is 11.4. The van der Waals surface area contributed by atoms with Crippen LogP contribution in [0.15, 0.2) is 48.5 Å². The van der Waals surface area contributed by atoms with Gasteiger partial charge in [0.05, 0.1) is 17.2 Å². The molecule has 0 fully saturated rings. The van der Waals surface area contributed by atoms with Crippen LogP contribution in [0.3, 0.4) is 0 Å². The fraction of sp³-hybridized carbons (Fsp3) is 0.250. The predicted molar refractivity (Wildman–Crippen MR) is 95.2 cm³/mol. The first kappa shape index (κ1) is 18.2. The van der Waals surface area contributed by atoms with Gasteiger partial charge in [-0.2, -0.15) is 5.26 Å². The summed E-state index contributed by atoms with van der Waals surface area (Å²) in [6, 6.07) is 15.6. The van der Waals surface area contributed by atoms with E-state index in [0.29, 0.717) is 22.7 Å². The third-order valence-electron chi connectivity index (χ3n) is 3.96. The number of rotatable bonds is 6. The maximum Gasteiger partial charge on any atom is 0.338 e. The number of nitrogens with zero attached hydrogens (tertiary/aromatic N) is 1. The van der Waals surface area contributed by atoms with E-state index >= 15 is 0 Å². The normalized spacial score (nSPS) is 11.2. The number of amides is 1. The maximum atomic E-state index is 11.9. The van der Waals surface area contributed by atoms with Crippen LogP contribution in [0.4, 0.5) is 5.69 Å². The largest absolute Gasteiger partial charge is 0.452 e. The molecule has 0 heterocycles. The number of hydrogen-bond donors (Lipinski definition) is 1. The Balaban J connectivity index is 1.85. The average molecular weight is 336 g/mol. The van der Waals surface area contributed by atoms with E-state index < -0.39 is 11.9 Å². The Morgan fingerprint density at radius 1 is 1.12 bits per heavy atom. The SMILES string of the molecule is CC[C@@H](C)c1ccc(NC(=O)COC(=O)c2ccc(C#N)cc2)cc1. The number of hydrogen-bond acceptors (Lipinski definition) is 4. The minimum Gasteiger partial charge on any atom is -0.452 e. The highest BCUT2D eigenvalue weighted by Gasteiger charge is 2.11. The second-order valence-corrected chi connectivity index (χ2v) is 5.74. The van der Waals surface area contributed by atoms with Gasteiger partial charge in [-0.15, -0.1) is 0 Å². The first-order chi connectivity index (χ1) is 12.0. The molecule has 0 radical (unpaired) electrons. The number of anilines is 1. The van der Waals surface area contributed by atoms with Gasteiger partial charge in [-0.1, -0.05) is 26.0 Å². The number of benzene rings is 2. The molecule has 5 heteroatoms. The molecule has 0 unspecified atom stereocenters. The van der Waals surface area contributed by atoms with Crippen LogP contribution >= 0.6 is 0 Å². The van der Waals surface area contributed by atoms with E-state index in [2.05, 4.69) is 19.2 Å². The fourth-order valence-corrected chi connectivity index (χ4v) is 2.22. The molecule has 2 aromatic rings. The van der Waals surface area contributed by atoms with E-state index in [4.69, 9.17) is 10.00 Å². The molecule has 2 aromatic carbocycles. The molecular formula is C20H20N2O3. The van der Waals surface area contributed by atoms with Crippen molar-refractivity contribution in [2.24, 2.45) is 0 Å². The van der Waals surface area contributed by atoms with Crippen LogP contribution in [0.5, 0.6) is 0 Å². The number of nitrogens with one attached hydrogen (secondary N) is 1. The van der Waals surface area contributed by atoms with Gasteiger partial charge < -0.3 is 10.1 Å². The molecular weight excluding hydrogens is 316 g/mol. The number of carbonyl (C=O) groups is 2. The van der Waals surface area contributed by atoms with Crippen molar-refractivity contribution in [1.29, 1.82) is 5.26 Å². The summed E-state index contributed by atoms with van der Waals surface area (Å²) in [6.45, 7) is 3.91. The monoisotopic (exact) mass is 336 g/mol. The molecule has 0 saturated carbocycles. The highest BCUT2D eigenvalue weighted by atomic mass is 16.5. The van der Waals surface area contributed by atoms with Crippen molar-refractivity contribution in [2.45, 2.75) is 26.2 Å². The Bertz CT molecular complexity index is 774. The van der Waals surface area contributed by atoms with E-state index in [1.54, 1.807) is 0 Å². The van der Waals surface area contributed by atoms with E-state index in [1.165, 1.54) is 29.8 Å². The lowest BCUT2D eigenvalue weighted by molar-refractivity contribution is -0.119. The van der Waals surface area contributed by atoms with E-state index in [1.807, 2.05) is 30.3 Å². The Hall–Kier alpha value is -3.13. The Morgan fingerprint density at radius 2 is 1.76 bits per heavy atom. The molecule has 1 N–H and O–H groups in total. The van der Waals surface area contributed by atoms with E-state index in [9.17, 15) is 9.59 Å². The third kappa shape index (κ3) is 5.18. The summed E-state index contributed by atoms with van der Waals surface area (Å²) in [5.74, 6) is -0.539. The number of nitriles is 1. The minimum absolute atomic E-state index is 0.296. The van der Waals surface area contributed by atoms with Gasteiger partial charge >= 0.3 is 5.97 Å². The second-order valence-electron chi connectivity index (χ2n) is 5.74. The molecule has 0 aliphatic carbocycles. The van der Waals surface area contributed by atoms with Crippen LogP contribution in [-0.2, 0) is 9.53 Å². The van der Waals surface area contributed by atoms with Gasteiger partial charge in [0.15, 0.2) is 6.61 Å². The molecule has 0 aliphatic heterocycles. The van der Waals surface area contributed by atoms with Crippen molar-refractivity contribution in [1.82, 2.24) is 0 Å². The van der Waals surface area contributed by atoms with Crippen LogP contribution in [0.2, 0.25) is 0 Å². The lowest BCUT2D eigenvalue weighted by Gasteiger charge is -2.10. The fourth-order valence-electron chi connectivity index (χ4n) is 2.22. The maximum absolute atomic E-state index is 11.9. The summed E-state index contributed by atoms with van der Waals surface area (Å²) in [6.07, 6.45) is 1.05. The number of carbonyl (C=O) groups excluding carboxylic acids is 2. The molecule has 0 aromatic heterocycles. The average Bonchev–Trinajstić information content (AvgIpc) is 2.66. The van der Waals surface area contributed by atoms with Crippen molar-refractivity contribution in [3.8, 4) is 6.07 Å². The van der Waals surface area contributed by atoms with Crippen LogP contribution in [0, 0.1) is 11.3 Å². The van der Waals surface area contributed by atoms with Crippen LogP contribution < -0.4 is 5.32 Å². The van der Waals surface area contributed by atoms with Gasteiger partial charge in [0, 0.05) is 5.69 Å². The Morgan fingerprint density at radius 3 is 2.32 bits per heavy atom. The van der Waals surface area contributed by atoms with Crippen molar-refractivity contribution >= 4 is 17.6 Å².